The van der Waals surface area contributed by atoms with Gasteiger partial charge in [-0.3, -0.25) is 9.97 Å². The molecule has 0 saturated heterocycles. The number of aromatic nitrogens is 2. The summed E-state index contributed by atoms with van der Waals surface area (Å²) < 4.78 is 0. The van der Waals surface area contributed by atoms with Gasteiger partial charge in [-0.25, -0.2) is 0 Å². The minimum absolute atomic E-state index is 0. The molecule has 2 heterocycles. The molecule has 0 amide bonds. The molecule has 0 fully saturated rings. The molecule has 140 valence electrons. The van der Waals surface area contributed by atoms with Crippen LogP contribution in [0.4, 0.5) is 0 Å². The van der Waals surface area contributed by atoms with E-state index in [4.69, 9.17) is 25.3 Å². The predicted molar refractivity (Wildman–Crippen MR) is 114 cm³/mol. The number of pyridine rings is 2. The summed E-state index contributed by atoms with van der Waals surface area (Å²) in [7, 11) is 0. The number of allylic oxidation sites excluding steroid dienone is 2. The van der Waals surface area contributed by atoms with Crippen molar-refractivity contribution in [1.29, 1.82) is 0 Å². The monoisotopic (exact) mass is 579 g/mol. The van der Waals surface area contributed by atoms with E-state index in [0.717, 1.165) is 20.9 Å². The molecular weight excluding hydrogens is 563 g/mol. The van der Waals surface area contributed by atoms with Gasteiger partial charge in [0.25, 0.3) is 0 Å². The van der Waals surface area contributed by atoms with Gasteiger partial charge in [-0.2, -0.15) is 9.79 Å². The summed E-state index contributed by atoms with van der Waals surface area (Å²) in [6, 6.07) is 13.3. The van der Waals surface area contributed by atoms with Crippen LogP contribution in [0.5, 0.6) is 0 Å². The minimum atomic E-state index is 0. The number of aryl methyl sites for hydroxylation is 1. The molecule has 0 spiro atoms. The Kier molecular flexibility index (Phi) is 11.5. The van der Waals surface area contributed by atoms with Gasteiger partial charge in [0, 0.05) is 35.9 Å². The Morgan fingerprint density at radius 3 is 1.71 bits per heavy atom. The second kappa shape index (κ2) is 13.6. The summed E-state index contributed by atoms with van der Waals surface area (Å²) in [6.07, 6.45) is 10.3. The molecule has 0 unspecified atom stereocenters. The third-order valence-corrected chi connectivity index (χ3v) is 3.93. The van der Waals surface area contributed by atoms with Gasteiger partial charge < -0.3 is 25.3 Å². The topological polar surface area (TPSA) is 25.8 Å². The van der Waals surface area contributed by atoms with Crippen LogP contribution < -0.4 is 0 Å². The maximum atomic E-state index is 4.94. The average molecular weight is 580 g/mol. The van der Waals surface area contributed by atoms with Crippen LogP contribution in [0.25, 0.3) is 0 Å². The molecule has 0 bridgehead atoms. The second-order valence-electron chi connectivity index (χ2n) is 5.31. The summed E-state index contributed by atoms with van der Waals surface area (Å²) in [5, 5.41) is 0. The van der Waals surface area contributed by atoms with Crippen molar-refractivity contribution >= 4 is 25.3 Å². The van der Waals surface area contributed by atoms with E-state index in [9.17, 15) is 0 Å². The summed E-state index contributed by atoms with van der Waals surface area (Å²) in [4.78, 5) is 9.51. The summed E-state index contributed by atoms with van der Waals surface area (Å²) >= 11 is 9.85. The number of hydrogen-bond donors (Lipinski definition) is 0. The fourth-order valence-corrected chi connectivity index (χ4v) is 2.20. The van der Waals surface area contributed by atoms with E-state index in [1.54, 1.807) is 36.9 Å². The van der Waals surface area contributed by atoms with Crippen molar-refractivity contribution in [2.24, 2.45) is 0 Å². The fourth-order valence-electron chi connectivity index (χ4n) is 1.82. The first-order valence-electron chi connectivity index (χ1n) is 8.08. The van der Waals surface area contributed by atoms with Crippen molar-refractivity contribution < 1.29 is 21.1 Å². The molecule has 1 aromatic carbocycles. The first-order chi connectivity index (χ1) is 13.1. The normalized spacial score (nSPS) is 8.89. The maximum absolute atomic E-state index is 4.94. The molecule has 0 aliphatic carbocycles. The van der Waals surface area contributed by atoms with Crippen LogP contribution in [0.2, 0.25) is 0 Å². The van der Waals surface area contributed by atoms with Gasteiger partial charge in [0.15, 0.2) is 0 Å². The Morgan fingerprint density at radius 1 is 0.786 bits per heavy atom. The summed E-state index contributed by atoms with van der Waals surface area (Å²) in [6.45, 7) is 2.00. The molecular formula is C23H16N2PtS2. The predicted octanol–water partition coefficient (Wildman–Crippen LogP) is 4.24. The zero-order valence-electron chi connectivity index (χ0n) is 15.0. The van der Waals surface area contributed by atoms with Crippen molar-refractivity contribution in [3.8, 4) is 23.7 Å². The van der Waals surface area contributed by atoms with Crippen molar-refractivity contribution in [1.82, 2.24) is 9.97 Å². The molecule has 2 nitrogen and oxygen atoms in total. The largest absolute Gasteiger partial charge is 2.00 e. The van der Waals surface area contributed by atoms with Gasteiger partial charge in [0.1, 0.15) is 0 Å². The van der Waals surface area contributed by atoms with Gasteiger partial charge >= 0.3 is 21.1 Å². The van der Waals surface area contributed by atoms with Crippen LogP contribution in [0.3, 0.4) is 0 Å². The van der Waals surface area contributed by atoms with Crippen LogP contribution in [0, 0.1) is 30.6 Å². The molecule has 0 atom stereocenters. The molecule has 0 aliphatic heterocycles. The van der Waals surface area contributed by atoms with E-state index in [1.807, 2.05) is 49.4 Å². The number of hydrogen-bond acceptors (Lipinski definition) is 4. The van der Waals surface area contributed by atoms with E-state index in [0.29, 0.717) is 0 Å². The molecule has 0 aliphatic rings. The van der Waals surface area contributed by atoms with E-state index >= 15 is 0 Å². The van der Waals surface area contributed by atoms with Gasteiger partial charge in [0.2, 0.25) is 0 Å². The van der Waals surface area contributed by atoms with Crippen molar-refractivity contribution in [2.75, 3.05) is 0 Å². The summed E-state index contributed by atoms with van der Waals surface area (Å²) in [5.74, 6) is 11.7. The number of rotatable bonds is 0. The molecule has 28 heavy (non-hydrogen) atoms. The SMILES string of the molecule is C(#Cc1cccnc1)/C=C\C#Cc1cccnc1.Cc1ccc([S-])c([S-])c1.[Pt+2]. The molecule has 3 rings (SSSR count). The van der Waals surface area contributed by atoms with Crippen LogP contribution in [0.15, 0.2) is 89.2 Å². The van der Waals surface area contributed by atoms with Crippen LogP contribution in [-0.2, 0) is 46.3 Å². The second-order valence-corrected chi connectivity index (χ2v) is 6.19. The van der Waals surface area contributed by atoms with E-state index < -0.39 is 0 Å². The zero-order valence-corrected chi connectivity index (χ0v) is 18.9. The fraction of sp³-hybridized carbons (Fsp3) is 0.0435. The van der Waals surface area contributed by atoms with Gasteiger partial charge in [-0.05, 0) is 43.3 Å². The molecule has 0 N–H and O–H groups in total. The molecule has 2 aromatic heterocycles. The number of benzene rings is 1. The van der Waals surface area contributed by atoms with Crippen LogP contribution in [0.1, 0.15) is 16.7 Å². The maximum Gasteiger partial charge on any atom is 2.00 e. The minimum Gasteiger partial charge on any atom is -0.781 e. The van der Waals surface area contributed by atoms with Gasteiger partial charge in [0.05, 0.1) is 0 Å². The number of nitrogens with zero attached hydrogens (tertiary/aromatic N) is 2. The van der Waals surface area contributed by atoms with Gasteiger partial charge in [-0.15, -0.1) is 0 Å². The Hall–Kier alpha value is -2.49. The Balaban J connectivity index is 0.000000332. The van der Waals surface area contributed by atoms with Crippen LogP contribution in [-0.4, -0.2) is 9.97 Å². The third-order valence-electron chi connectivity index (χ3n) is 3.11. The smallest absolute Gasteiger partial charge is 0.781 e. The zero-order chi connectivity index (χ0) is 19.3. The average Bonchev–Trinajstić information content (AvgIpc) is 2.70. The Morgan fingerprint density at radius 2 is 1.32 bits per heavy atom. The Labute approximate surface area is 192 Å². The molecule has 5 heteroatoms. The van der Waals surface area contributed by atoms with Crippen molar-refractivity contribution in [3.05, 3.63) is 96.1 Å². The van der Waals surface area contributed by atoms with Crippen molar-refractivity contribution in [3.63, 3.8) is 0 Å². The first-order valence-corrected chi connectivity index (χ1v) is 8.89. The molecule has 0 saturated carbocycles. The first kappa shape index (κ1) is 23.5. The Bertz CT molecular complexity index is 953. The van der Waals surface area contributed by atoms with Crippen LogP contribution >= 0.6 is 0 Å². The quantitative estimate of drug-likeness (QED) is 0.294. The summed E-state index contributed by atoms with van der Waals surface area (Å²) in [5.41, 5.74) is 2.96. The van der Waals surface area contributed by atoms with E-state index in [2.05, 4.69) is 33.6 Å². The van der Waals surface area contributed by atoms with Crippen molar-refractivity contribution in [2.45, 2.75) is 16.7 Å². The molecule has 3 aromatic rings. The standard InChI is InChI=1S/C16H10N2.C7H8S2.Pt/c1(3-7-15-9-5-11-17-13-15)2-4-8-16-10-6-12-18-14-16;1-5-2-3-6(8)7(9)4-5;/h1-2,5-6,9-14H;2-4,8-9H,1H3;/q;;+2/p-2/b2-1-;;. The van der Waals surface area contributed by atoms with E-state index in [-0.39, 0.29) is 21.1 Å². The van der Waals surface area contributed by atoms with Gasteiger partial charge in [-0.1, -0.05) is 47.4 Å². The molecule has 0 radical (unpaired) electrons. The van der Waals surface area contributed by atoms with E-state index in [1.165, 1.54) is 5.56 Å². The third kappa shape index (κ3) is 9.45.